The molecule has 2 heterocycles. The fourth-order valence-electron chi connectivity index (χ4n) is 4.90. The highest BCUT2D eigenvalue weighted by Gasteiger charge is 2.47. The molecule has 31 heavy (non-hydrogen) atoms. The van der Waals surface area contributed by atoms with Gasteiger partial charge in [-0.2, -0.15) is 0 Å². The lowest BCUT2D eigenvalue weighted by Crippen LogP contribution is -2.26. The number of aliphatic imine (C=N–C) groups is 1. The van der Waals surface area contributed by atoms with Crippen molar-refractivity contribution in [1.29, 1.82) is 0 Å². The molecule has 2 fully saturated rings. The number of carbonyl (C=O) groups is 2. The maximum absolute atomic E-state index is 12.1. The number of benzene rings is 1. The van der Waals surface area contributed by atoms with Gasteiger partial charge in [-0.25, -0.2) is 0 Å². The van der Waals surface area contributed by atoms with Crippen LogP contribution in [0.2, 0.25) is 0 Å². The van der Waals surface area contributed by atoms with Gasteiger partial charge in [0.15, 0.2) is 5.78 Å². The van der Waals surface area contributed by atoms with Gasteiger partial charge in [-0.15, -0.1) is 0 Å². The Hall–Kier alpha value is -2.27. The molecule has 0 spiro atoms. The van der Waals surface area contributed by atoms with Crippen LogP contribution in [0.1, 0.15) is 74.6 Å². The predicted octanol–water partition coefficient (Wildman–Crippen LogP) is 5.50. The number of rotatable bonds is 14. The van der Waals surface area contributed by atoms with E-state index in [0.717, 1.165) is 37.8 Å². The van der Waals surface area contributed by atoms with Crippen molar-refractivity contribution in [3.63, 3.8) is 0 Å². The van der Waals surface area contributed by atoms with Crippen LogP contribution in [-0.2, 0) is 9.53 Å². The van der Waals surface area contributed by atoms with E-state index >= 15 is 0 Å². The summed E-state index contributed by atoms with van der Waals surface area (Å²) in [5.74, 6) is 0.622. The lowest BCUT2D eigenvalue weighted by Gasteiger charge is -2.27. The highest BCUT2D eigenvalue weighted by atomic mass is 16.5. The molecule has 0 aliphatic carbocycles. The molecule has 0 radical (unpaired) electrons. The van der Waals surface area contributed by atoms with Gasteiger partial charge in [0.25, 0.3) is 0 Å². The van der Waals surface area contributed by atoms with Crippen molar-refractivity contribution in [3.05, 3.63) is 48.0 Å². The minimum Gasteiger partial charge on any atom is -0.481 e. The minimum atomic E-state index is -0.720. The Morgan fingerprint density at radius 3 is 2.58 bits per heavy atom. The normalized spacial score (nSPS) is 25.0. The van der Waals surface area contributed by atoms with Crippen LogP contribution in [0.5, 0.6) is 0 Å². The summed E-state index contributed by atoms with van der Waals surface area (Å²) in [7, 11) is 0. The molecule has 0 saturated carbocycles. The molecule has 1 aromatic rings. The summed E-state index contributed by atoms with van der Waals surface area (Å²) in [6.45, 7) is 0.776. The first-order valence-electron chi connectivity index (χ1n) is 11.7. The molecule has 2 aliphatic rings. The van der Waals surface area contributed by atoms with Gasteiger partial charge >= 0.3 is 5.97 Å². The van der Waals surface area contributed by atoms with Crippen molar-refractivity contribution in [2.75, 3.05) is 6.54 Å². The fraction of sp³-hybridized carbons (Fsp3) is 0.577. The van der Waals surface area contributed by atoms with Crippen molar-refractivity contribution in [2.24, 2.45) is 16.8 Å². The van der Waals surface area contributed by atoms with Crippen LogP contribution in [0.3, 0.4) is 0 Å². The van der Waals surface area contributed by atoms with Crippen LogP contribution in [-0.4, -0.2) is 41.8 Å². The third kappa shape index (κ3) is 7.42. The molecular formula is C26H35NO4. The number of allylic oxidation sites excluding steroid dienone is 2. The summed E-state index contributed by atoms with van der Waals surface area (Å²) >= 11 is 0. The predicted molar refractivity (Wildman–Crippen MR) is 123 cm³/mol. The highest BCUT2D eigenvalue weighted by Crippen LogP contribution is 2.47. The number of ketones is 1. The summed E-state index contributed by atoms with van der Waals surface area (Å²) < 4.78 is 6.19. The first-order valence-corrected chi connectivity index (χ1v) is 11.7. The minimum absolute atomic E-state index is 0.113. The van der Waals surface area contributed by atoms with E-state index in [0.29, 0.717) is 36.9 Å². The van der Waals surface area contributed by atoms with Gasteiger partial charge in [0.2, 0.25) is 0 Å². The third-order valence-electron chi connectivity index (χ3n) is 6.50. The van der Waals surface area contributed by atoms with E-state index < -0.39 is 5.97 Å². The number of ether oxygens (including phenoxy) is 1. The zero-order valence-corrected chi connectivity index (χ0v) is 18.3. The van der Waals surface area contributed by atoms with Gasteiger partial charge in [0.05, 0.1) is 12.2 Å². The van der Waals surface area contributed by atoms with Crippen molar-refractivity contribution < 1.29 is 19.4 Å². The van der Waals surface area contributed by atoms with E-state index in [1.807, 2.05) is 30.3 Å². The Bertz CT molecular complexity index is 758. The Morgan fingerprint density at radius 2 is 1.81 bits per heavy atom. The number of hydrogen-bond donors (Lipinski definition) is 1. The van der Waals surface area contributed by atoms with Crippen molar-refractivity contribution in [1.82, 2.24) is 0 Å². The van der Waals surface area contributed by atoms with E-state index in [9.17, 15) is 9.59 Å². The van der Waals surface area contributed by atoms with Crippen molar-refractivity contribution in [2.45, 2.75) is 76.4 Å². The SMILES string of the molecule is O=C(O)CCCC=CC[C@H]1[C@@H](CCCCN=CCC(=O)c2ccccc2)[C@H]2CC[C@@H]1O2. The van der Waals surface area contributed by atoms with Crippen LogP contribution < -0.4 is 0 Å². The number of carboxylic acids is 1. The molecule has 1 aromatic carbocycles. The monoisotopic (exact) mass is 425 g/mol. The summed E-state index contributed by atoms with van der Waals surface area (Å²) in [5, 5.41) is 8.71. The van der Waals surface area contributed by atoms with Crippen molar-refractivity contribution in [3.8, 4) is 0 Å². The largest absolute Gasteiger partial charge is 0.481 e. The summed E-state index contributed by atoms with van der Waals surface area (Å²) in [6, 6.07) is 9.36. The number of carbonyl (C=O) groups excluding carboxylic acids is 1. The Kier molecular flexibility index (Phi) is 9.47. The topological polar surface area (TPSA) is 76.0 Å². The molecule has 0 aromatic heterocycles. The molecule has 2 aliphatic heterocycles. The number of aliphatic carboxylic acids is 1. The highest BCUT2D eigenvalue weighted by molar-refractivity contribution is 6.03. The van der Waals surface area contributed by atoms with Gasteiger partial charge in [0.1, 0.15) is 0 Å². The number of nitrogens with zero attached hydrogens (tertiary/aromatic N) is 1. The second-order valence-corrected chi connectivity index (χ2v) is 8.69. The van der Waals surface area contributed by atoms with Gasteiger partial charge < -0.3 is 9.84 Å². The average molecular weight is 426 g/mol. The quantitative estimate of drug-likeness (QED) is 0.185. The summed E-state index contributed by atoms with van der Waals surface area (Å²) in [4.78, 5) is 27.1. The van der Waals surface area contributed by atoms with Crippen LogP contribution >= 0.6 is 0 Å². The summed E-state index contributed by atoms with van der Waals surface area (Å²) in [5.41, 5.74) is 0.743. The zero-order chi connectivity index (χ0) is 21.9. The number of hydrogen-bond acceptors (Lipinski definition) is 4. The van der Waals surface area contributed by atoms with Gasteiger partial charge in [-0.1, -0.05) is 48.9 Å². The van der Waals surface area contributed by atoms with Crippen LogP contribution in [0.25, 0.3) is 0 Å². The molecule has 5 nitrogen and oxygen atoms in total. The maximum atomic E-state index is 12.1. The first kappa shape index (κ1) is 23.4. The Morgan fingerprint density at radius 1 is 1.03 bits per heavy atom. The molecule has 0 unspecified atom stereocenters. The number of fused-ring (bicyclic) bond motifs is 2. The average Bonchev–Trinajstić information content (AvgIpc) is 3.38. The maximum Gasteiger partial charge on any atom is 0.303 e. The van der Waals surface area contributed by atoms with Gasteiger partial charge in [0, 0.05) is 31.2 Å². The molecule has 1 N–H and O–H groups in total. The Balaban J connectivity index is 1.32. The third-order valence-corrected chi connectivity index (χ3v) is 6.50. The smallest absolute Gasteiger partial charge is 0.303 e. The molecule has 5 heteroatoms. The number of unbranched alkanes of at least 4 members (excludes halogenated alkanes) is 2. The standard InChI is InChI=1S/C26H35NO4/c28-23(20-10-4-3-5-11-20)17-19-27-18-9-8-13-22-21(24-15-16-25(22)31-24)12-6-1-2-7-14-26(29)30/h1,3-6,10-11,19,21-22,24-25H,2,7-9,12-18H2,(H,29,30)/t21-,22+,24-,25+/m0/s1. The Labute approximate surface area is 185 Å². The van der Waals surface area contributed by atoms with Crippen molar-refractivity contribution >= 4 is 18.0 Å². The van der Waals surface area contributed by atoms with Gasteiger partial charge in [-0.05, 0) is 56.8 Å². The molecule has 4 atom stereocenters. The van der Waals surface area contributed by atoms with E-state index in [4.69, 9.17) is 9.84 Å². The summed E-state index contributed by atoms with van der Waals surface area (Å²) in [6.07, 6.45) is 15.9. The number of carboxylic acid groups (broad SMARTS) is 1. The first-order chi connectivity index (χ1) is 15.1. The molecule has 0 amide bonds. The van der Waals surface area contributed by atoms with Crippen LogP contribution in [0.4, 0.5) is 0 Å². The van der Waals surface area contributed by atoms with Crippen LogP contribution in [0.15, 0.2) is 47.5 Å². The van der Waals surface area contributed by atoms with E-state index in [1.165, 1.54) is 19.3 Å². The van der Waals surface area contributed by atoms with E-state index in [2.05, 4.69) is 17.1 Å². The lowest BCUT2D eigenvalue weighted by molar-refractivity contribution is -0.137. The van der Waals surface area contributed by atoms with Crippen LogP contribution in [0, 0.1) is 11.8 Å². The second kappa shape index (κ2) is 12.6. The number of Topliss-reactive ketones (excluding diaryl/α,β-unsaturated/α-hetero) is 1. The molecule has 2 saturated heterocycles. The second-order valence-electron chi connectivity index (χ2n) is 8.69. The van der Waals surface area contributed by atoms with E-state index in [-0.39, 0.29) is 12.2 Å². The molecule has 168 valence electrons. The lowest BCUT2D eigenvalue weighted by atomic mass is 9.75. The molecule has 3 rings (SSSR count). The van der Waals surface area contributed by atoms with Gasteiger partial charge in [-0.3, -0.25) is 14.6 Å². The fourth-order valence-corrected chi connectivity index (χ4v) is 4.90. The molecule has 2 bridgehead atoms. The van der Waals surface area contributed by atoms with E-state index in [1.54, 1.807) is 6.21 Å². The zero-order valence-electron chi connectivity index (χ0n) is 18.3. The molecular weight excluding hydrogens is 390 g/mol.